The largest absolute Gasteiger partial charge is 0.378 e. The molecule has 8 nitrogen and oxygen atoms in total. The molecule has 1 aliphatic heterocycles. The smallest absolute Gasteiger partial charge is 0.293 e. The van der Waals surface area contributed by atoms with Crippen LogP contribution in [0.15, 0.2) is 36.4 Å². The van der Waals surface area contributed by atoms with Crippen molar-refractivity contribution in [2.75, 3.05) is 32.0 Å². The van der Waals surface area contributed by atoms with Gasteiger partial charge in [-0.1, -0.05) is 6.07 Å². The number of nitro groups is 1. The maximum atomic E-state index is 14.7. The normalized spacial score (nSPS) is 19.9. The highest BCUT2D eigenvalue weighted by atomic mass is 19.1. The van der Waals surface area contributed by atoms with E-state index in [-0.39, 0.29) is 41.3 Å². The number of nitrogens with zero attached hydrogens (tertiary/aromatic N) is 2. The Morgan fingerprint density at radius 1 is 1.22 bits per heavy atom. The Bertz CT molecular complexity index is 974. The number of hydrogen-bond acceptors (Lipinski definition) is 6. The van der Waals surface area contributed by atoms with E-state index in [2.05, 4.69) is 10.6 Å². The van der Waals surface area contributed by atoms with Gasteiger partial charge in [-0.2, -0.15) is 0 Å². The van der Waals surface area contributed by atoms with E-state index in [9.17, 15) is 23.7 Å². The van der Waals surface area contributed by atoms with E-state index in [1.807, 2.05) is 18.7 Å². The predicted molar refractivity (Wildman–Crippen MR) is 116 cm³/mol. The van der Waals surface area contributed by atoms with Crippen LogP contribution >= 0.6 is 0 Å². The van der Waals surface area contributed by atoms with Gasteiger partial charge in [0.1, 0.15) is 17.3 Å². The molecule has 3 unspecified atom stereocenters. The number of nitrogens with one attached hydrogen (secondary N) is 2. The summed E-state index contributed by atoms with van der Waals surface area (Å²) in [4.78, 5) is 24.7. The molecule has 0 aliphatic carbocycles. The van der Waals surface area contributed by atoms with Crippen molar-refractivity contribution in [3.05, 3.63) is 69.3 Å². The monoisotopic (exact) mass is 448 g/mol. The summed E-state index contributed by atoms with van der Waals surface area (Å²) >= 11 is 0. The Hall–Kier alpha value is -3.11. The highest BCUT2D eigenvalue weighted by Gasteiger charge is 2.32. The maximum absolute atomic E-state index is 14.7. The number of halogens is 2. The van der Waals surface area contributed by atoms with Gasteiger partial charge in [-0.05, 0) is 38.1 Å². The summed E-state index contributed by atoms with van der Waals surface area (Å²) in [6.45, 7) is 4.67. The lowest BCUT2D eigenvalue weighted by Crippen LogP contribution is -2.48. The first-order chi connectivity index (χ1) is 15.2. The Morgan fingerprint density at radius 3 is 2.41 bits per heavy atom. The summed E-state index contributed by atoms with van der Waals surface area (Å²) in [5.41, 5.74) is -0.121. The van der Waals surface area contributed by atoms with Gasteiger partial charge in [0.05, 0.1) is 23.2 Å². The lowest BCUT2D eigenvalue weighted by atomic mass is 10.0. The fraction of sp³-hybridized carbons (Fsp3) is 0.409. The molecular weight excluding hydrogens is 422 g/mol. The summed E-state index contributed by atoms with van der Waals surface area (Å²) in [7, 11) is 1.43. The van der Waals surface area contributed by atoms with Gasteiger partial charge in [0.15, 0.2) is 0 Å². The molecule has 1 fully saturated rings. The molecular formula is C22H26F2N4O4. The molecule has 3 atom stereocenters. The Balaban J connectivity index is 1.94. The summed E-state index contributed by atoms with van der Waals surface area (Å²) in [5.74, 6) is -1.83. The SMILES string of the molecule is CNC(=O)c1ccc(NCC(c2c(F)cccc2F)N2CC(C)OC(C)C2)c([N+](=O)[O-])c1. The average Bonchev–Trinajstić information content (AvgIpc) is 2.74. The molecule has 2 N–H and O–H groups in total. The third-order valence-electron chi connectivity index (χ3n) is 5.39. The third kappa shape index (κ3) is 5.20. The molecule has 1 aliphatic rings. The molecule has 0 bridgehead atoms. The van der Waals surface area contributed by atoms with Gasteiger partial charge in [0, 0.05) is 43.9 Å². The number of carbonyl (C=O) groups is 1. The van der Waals surface area contributed by atoms with E-state index in [1.165, 1.54) is 43.4 Å². The molecule has 2 aromatic carbocycles. The van der Waals surface area contributed by atoms with Crippen molar-refractivity contribution in [2.24, 2.45) is 0 Å². The van der Waals surface area contributed by atoms with Crippen molar-refractivity contribution in [3.63, 3.8) is 0 Å². The first-order valence-electron chi connectivity index (χ1n) is 10.3. The summed E-state index contributed by atoms with van der Waals surface area (Å²) in [6.07, 6.45) is -0.283. The van der Waals surface area contributed by atoms with Gasteiger partial charge in [-0.25, -0.2) is 8.78 Å². The minimum Gasteiger partial charge on any atom is -0.378 e. The topological polar surface area (TPSA) is 96.7 Å². The highest BCUT2D eigenvalue weighted by Crippen LogP contribution is 2.31. The van der Waals surface area contributed by atoms with Crippen LogP contribution in [0.1, 0.15) is 35.8 Å². The number of carbonyl (C=O) groups excluding carboxylic acids is 1. The lowest BCUT2D eigenvalue weighted by Gasteiger charge is -2.40. The number of ether oxygens (including phenoxy) is 1. The third-order valence-corrected chi connectivity index (χ3v) is 5.39. The van der Waals surface area contributed by atoms with Gasteiger partial charge in [-0.3, -0.25) is 19.8 Å². The lowest BCUT2D eigenvalue weighted by molar-refractivity contribution is -0.384. The van der Waals surface area contributed by atoms with E-state index in [4.69, 9.17) is 4.74 Å². The first-order valence-corrected chi connectivity index (χ1v) is 10.3. The number of rotatable bonds is 7. The van der Waals surface area contributed by atoms with Gasteiger partial charge < -0.3 is 15.4 Å². The van der Waals surface area contributed by atoms with Gasteiger partial charge in [0.2, 0.25) is 0 Å². The molecule has 0 spiro atoms. The molecule has 1 heterocycles. The van der Waals surface area contributed by atoms with Crippen LogP contribution in [0.25, 0.3) is 0 Å². The number of anilines is 1. The second kappa shape index (κ2) is 10.0. The number of amides is 1. The van der Waals surface area contributed by atoms with Crippen molar-refractivity contribution in [3.8, 4) is 0 Å². The second-order valence-electron chi connectivity index (χ2n) is 7.81. The van der Waals surface area contributed by atoms with Crippen LogP contribution in [0.3, 0.4) is 0 Å². The zero-order valence-electron chi connectivity index (χ0n) is 18.1. The van der Waals surface area contributed by atoms with Crippen LogP contribution in [0.5, 0.6) is 0 Å². The van der Waals surface area contributed by atoms with Crippen molar-refractivity contribution >= 4 is 17.3 Å². The fourth-order valence-corrected chi connectivity index (χ4v) is 4.04. The molecule has 10 heteroatoms. The Kier molecular flexibility index (Phi) is 7.37. The van der Waals surface area contributed by atoms with E-state index in [1.54, 1.807) is 0 Å². The zero-order chi connectivity index (χ0) is 23.4. The quantitative estimate of drug-likeness (QED) is 0.497. The zero-order valence-corrected chi connectivity index (χ0v) is 18.1. The van der Waals surface area contributed by atoms with Gasteiger partial charge in [0.25, 0.3) is 11.6 Å². The number of benzene rings is 2. The number of hydrogen-bond donors (Lipinski definition) is 2. The fourth-order valence-electron chi connectivity index (χ4n) is 4.04. The summed E-state index contributed by atoms with van der Waals surface area (Å²) < 4.78 is 35.1. The van der Waals surface area contributed by atoms with Crippen molar-refractivity contribution in [1.29, 1.82) is 0 Å². The molecule has 2 aromatic rings. The maximum Gasteiger partial charge on any atom is 0.293 e. The van der Waals surface area contributed by atoms with Crippen molar-refractivity contribution in [1.82, 2.24) is 10.2 Å². The van der Waals surface area contributed by atoms with E-state index >= 15 is 0 Å². The minimum atomic E-state index is -0.733. The minimum absolute atomic E-state index is 0.0114. The molecule has 1 amide bonds. The number of nitro benzene ring substituents is 1. The van der Waals surface area contributed by atoms with Crippen LogP contribution in [0, 0.1) is 21.7 Å². The van der Waals surface area contributed by atoms with E-state index in [0.29, 0.717) is 13.1 Å². The average molecular weight is 448 g/mol. The molecule has 0 aromatic heterocycles. The molecule has 172 valence electrons. The van der Waals surface area contributed by atoms with Crippen molar-refractivity contribution in [2.45, 2.75) is 32.1 Å². The Labute approximate surface area is 184 Å². The molecule has 0 saturated carbocycles. The van der Waals surface area contributed by atoms with Crippen LogP contribution in [-0.4, -0.2) is 54.6 Å². The van der Waals surface area contributed by atoms with Crippen molar-refractivity contribution < 1.29 is 23.2 Å². The highest BCUT2D eigenvalue weighted by molar-refractivity contribution is 5.95. The van der Waals surface area contributed by atoms with Crippen LogP contribution in [-0.2, 0) is 4.74 Å². The Morgan fingerprint density at radius 2 is 1.84 bits per heavy atom. The van der Waals surface area contributed by atoms with E-state index in [0.717, 1.165) is 0 Å². The van der Waals surface area contributed by atoms with Crippen LogP contribution < -0.4 is 10.6 Å². The molecule has 1 saturated heterocycles. The number of morpholine rings is 1. The summed E-state index contributed by atoms with van der Waals surface area (Å²) in [5, 5.41) is 17.0. The second-order valence-corrected chi connectivity index (χ2v) is 7.81. The predicted octanol–water partition coefficient (Wildman–Crippen LogP) is 3.50. The molecule has 32 heavy (non-hydrogen) atoms. The molecule has 3 rings (SSSR count). The van der Waals surface area contributed by atoms with E-state index < -0.39 is 28.5 Å². The van der Waals surface area contributed by atoms with Gasteiger partial charge in [-0.15, -0.1) is 0 Å². The van der Waals surface area contributed by atoms with Gasteiger partial charge >= 0.3 is 0 Å². The van der Waals surface area contributed by atoms with Crippen LogP contribution in [0.2, 0.25) is 0 Å². The molecule has 0 radical (unpaired) electrons. The first kappa shape index (κ1) is 23.6. The summed E-state index contributed by atoms with van der Waals surface area (Å²) in [6, 6.07) is 6.99. The van der Waals surface area contributed by atoms with Crippen LogP contribution in [0.4, 0.5) is 20.2 Å². The standard InChI is InChI=1S/C22H26F2N4O4/c1-13-11-27(12-14(2)32-13)20(21-16(23)5-4-6-17(21)24)10-26-18-8-7-15(22(29)25-3)9-19(18)28(30)31/h4-9,13-14,20,26H,10-12H2,1-3H3,(H,25,29).